The molecule has 0 fully saturated rings. The molecule has 0 spiro atoms. The van der Waals surface area contributed by atoms with Gasteiger partial charge in [-0.3, -0.25) is 9.59 Å². The van der Waals surface area contributed by atoms with Crippen molar-refractivity contribution in [3.63, 3.8) is 0 Å². The van der Waals surface area contributed by atoms with Gasteiger partial charge in [-0.1, -0.05) is 66.7 Å². The molecule has 4 rings (SSSR count). The highest BCUT2D eigenvalue weighted by Gasteiger charge is 2.25. The molecule has 8 nitrogen and oxygen atoms in total. The predicted octanol–water partition coefficient (Wildman–Crippen LogP) is 5.41. The van der Waals surface area contributed by atoms with Gasteiger partial charge in [0.2, 0.25) is 0 Å². The summed E-state index contributed by atoms with van der Waals surface area (Å²) in [4.78, 5) is 26.5. The lowest BCUT2D eigenvalue weighted by molar-refractivity contribution is -0.152. The van der Waals surface area contributed by atoms with Gasteiger partial charge < -0.3 is 25.1 Å². The molecule has 0 saturated carbocycles. The first-order valence-corrected chi connectivity index (χ1v) is 12.5. The Morgan fingerprint density at radius 2 is 1.65 bits per heavy atom. The largest absolute Gasteiger partial charge is 0.503 e. The van der Waals surface area contributed by atoms with Crippen molar-refractivity contribution >= 4 is 11.9 Å². The highest BCUT2D eigenvalue weighted by molar-refractivity contribution is 5.94. The lowest BCUT2D eigenvalue weighted by atomic mass is 10.0. The van der Waals surface area contributed by atoms with Crippen LogP contribution in [0.2, 0.25) is 0 Å². The number of halogens is 1. The first-order valence-electron chi connectivity index (χ1n) is 12.5. The number of nitrogens with two attached hydrogens (primary N) is 1. The van der Waals surface area contributed by atoms with Crippen LogP contribution in [-0.2, 0) is 16.0 Å². The highest BCUT2D eigenvalue weighted by Crippen LogP contribution is 2.28. The van der Waals surface area contributed by atoms with Gasteiger partial charge in [-0.2, -0.15) is 0 Å². The highest BCUT2D eigenvalue weighted by atomic mass is 19.1. The molecule has 0 aliphatic heterocycles. The van der Waals surface area contributed by atoms with Crippen LogP contribution < -0.4 is 15.2 Å². The van der Waals surface area contributed by atoms with E-state index in [1.165, 1.54) is 31.5 Å². The number of amides is 1. The molecule has 9 heteroatoms. The lowest BCUT2D eigenvalue weighted by Crippen LogP contribution is -2.27. The quantitative estimate of drug-likeness (QED) is 0.255. The molecule has 0 bridgehead atoms. The van der Waals surface area contributed by atoms with Gasteiger partial charge >= 0.3 is 5.97 Å². The standard InChI is InChI=1S/C24H23FO3.C7H8N2O3/c1-18(27-23(26)16-15-19-9-4-2-5-10-19)24(20-11-6-3-7-12-20)28-22-14-8-13-21(25)17-22;1-12-4-2-3-9-5(6(4)10)7(8)11/h2-14,17-18,24H,15-16H2,1H3;2-3,10H,1H3,(H2,8,11)/t18?,24-;/m0./s1. The Hall–Kier alpha value is -4.92. The number of aromatic hydroxyl groups is 1. The van der Waals surface area contributed by atoms with E-state index in [0.29, 0.717) is 12.2 Å². The van der Waals surface area contributed by atoms with Crippen LogP contribution in [0.5, 0.6) is 17.2 Å². The number of carbonyl (C=O) groups excluding carboxylic acids is 2. The summed E-state index contributed by atoms with van der Waals surface area (Å²) in [5, 5.41) is 9.27. The van der Waals surface area contributed by atoms with Crippen LogP contribution in [0, 0.1) is 5.82 Å². The third-order valence-electron chi connectivity index (χ3n) is 5.73. The molecule has 0 aliphatic rings. The van der Waals surface area contributed by atoms with Gasteiger partial charge in [0.15, 0.2) is 23.3 Å². The molecule has 1 unspecified atom stereocenters. The van der Waals surface area contributed by atoms with Crippen molar-refractivity contribution < 1.29 is 33.3 Å². The van der Waals surface area contributed by atoms with Gasteiger partial charge in [0.05, 0.1) is 7.11 Å². The average Bonchev–Trinajstić information content (AvgIpc) is 2.96. The fraction of sp³-hybridized carbons (Fsp3) is 0.194. The van der Waals surface area contributed by atoms with Crippen molar-refractivity contribution in [2.24, 2.45) is 5.73 Å². The first kappa shape index (κ1) is 29.6. The number of benzene rings is 3. The fourth-order valence-corrected chi connectivity index (χ4v) is 3.76. The van der Waals surface area contributed by atoms with E-state index in [-0.39, 0.29) is 35.4 Å². The van der Waals surface area contributed by atoms with Crippen molar-refractivity contribution in [3.05, 3.63) is 120 Å². The number of nitrogens with zero attached hydrogens (tertiary/aromatic N) is 1. The minimum atomic E-state index is -0.786. The number of rotatable bonds is 10. The van der Waals surface area contributed by atoms with Gasteiger partial charge in [-0.15, -0.1) is 0 Å². The summed E-state index contributed by atoms with van der Waals surface area (Å²) in [5.74, 6) is -1.21. The summed E-state index contributed by atoms with van der Waals surface area (Å²) < 4.78 is 29.9. The Labute approximate surface area is 232 Å². The third kappa shape index (κ3) is 8.83. The number of esters is 1. The second-order valence-electron chi connectivity index (χ2n) is 8.66. The molecule has 3 N–H and O–H groups in total. The average molecular weight is 547 g/mol. The number of methoxy groups -OCH3 is 1. The topological polar surface area (TPSA) is 121 Å². The summed E-state index contributed by atoms with van der Waals surface area (Å²) >= 11 is 0. The second-order valence-corrected chi connectivity index (χ2v) is 8.66. The number of carbonyl (C=O) groups is 2. The van der Waals surface area contributed by atoms with Crippen LogP contribution in [0.3, 0.4) is 0 Å². The Morgan fingerprint density at radius 1 is 0.975 bits per heavy atom. The van der Waals surface area contributed by atoms with Crippen LogP contribution in [0.15, 0.2) is 97.2 Å². The Bertz CT molecular complexity index is 1390. The minimum absolute atomic E-state index is 0.179. The van der Waals surface area contributed by atoms with Crippen molar-refractivity contribution in [1.29, 1.82) is 0 Å². The van der Waals surface area contributed by atoms with Crippen molar-refractivity contribution in [2.45, 2.75) is 32.0 Å². The molecule has 0 radical (unpaired) electrons. The smallest absolute Gasteiger partial charge is 0.306 e. The zero-order valence-electron chi connectivity index (χ0n) is 22.2. The van der Waals surface area contributed by atoms with Gasteiger partial charge in [0.25, 0.3) is 5.91 Å². The van der Waals surface area contributed by atoms with E-state index in [1.807, 2.05) is 60.7 Å². The van der Waals surface area contributed by atoms with Gasteiger partial charge in [-0.05, 0) is 36.6 Å². The normalized spacial score (nSPS) is 11.8. The molecule has 40 heavy (non-hydrogen) atoms. The molecule has 208 valence electrons. The zero-order chi connectivity index (χ0) is 28.9. The fourth-order valence-electron chi connectivity index (χ4n) is 3.76. The summed E-state index contributed by atoms with van der Waals surface area (Å²) in [5.41, 5.74) is 6.68. The second kappa shape index (κ2) is 14.9. The Morgan fingerprint density at radius 3 is 2.27 bits per heavy atom. The van der Waals surface area contributed by atoms with Crippen molar-refractivity contribution in [3.8, 4) is 17.2 Å². The number of aromatic nitrogens is 1. The molecule has 2 atom stereocenters. The zero-order valence-corrected chi connectivity index (χ0v) is 22.2. The molecule has 1 amide bonds. The number of pyridine rings is 1. The molecule has 1 heterocycles. The number of hydrogen-bond acceptors (Lipinski definition) is 7. The Balaban J connectivity index is 0.000000307. The first-order chi connectivity index (χ1) is 19.3. The van der Waals surface area contributed by atoms with Crippen LogP contribution in [-0.4, -0.2) is 35.2 Å². The SMILES string of the molecule is CC(OC(=O)CCc1ccccc1)[C@H](Oc1cccc(F)c1)c1ccccc1.COc1ccnc(C(N)=O)c1O. The van der Waals surface area contributed by atoms with E-state index in [0.717, 1.165) is 11.1 Å². The third-order valence-corrected chi connectivity index (χ3v) is 5.73. The van der Waals surface area contributed by atoms with E-state index in [4.69, 9.17) is 19.9 Å². The van der Waals surface area contributed by atoms with Crippen LogP contribution in [0.4, 0.5) is 4.39 Å². The van der Waals surface area contributed by atoms with E-state index in [9.17, 15) is 19.1 Å². The van der Waals surface area contributed by atoms with Gasteiger partial charge in [0.1, 0.15) is 17.7 Å². The van der Waals surface area contributed by atoms with Crippen molar-refractivity contribution in [2.75, 3.05) is 7.11 Å². The molecule has 0 aliphatic carbocycles. The molecule has 1 aromatic heterocycles. The number of ether oxygens (including phenoxy) is 3. The van der Waals surface area contributed by atoms with Crippen LogP contribution in [0.25, 0.3) is 0 Å². The summed E-state index contributed by atoms with van der Waals surface area (Å²) in [6, 6.07) is 26.7. The van der Waals surface area contributed by atoms with Crippen LogP contribution in [0.1, 0.15) is 41.1 Å². The maximum atomic E-state index is 13.5. The molecule has 3 aromatic carbocycles. The summed E-state index contributed by atoms with van der Waals surface area (Å²) in [6.45, 7) is 1.79. The van der Waals surface area contributed by atoms with Crippen LogP contribution >= 0.6 is 0 Å². The summed E-state index contributed by atoms with van der Waals surface area (Å²) in [7, 11) is 1.37. The van der Waals surface area contributed by atoms with E-state index in [2.05, 4.69) is 4.98 Å². The molecular formula is C31H31FN2O6. The van der Waals surface area contributed by atoms with Crippen molar-refractivity contribution in [1.82, 2.24) is 4.98 Å². The number of aryl methyl sites for hydroxylation is 1. The lowest BCUT2D eigenvalue weighted by Gasteiger charge is -2.25. The van der Waals surface area contributed by atoms with E-state index < -0.39 is 18.1 Å². The molecule has 0 saturated heterocycles. The number of primary amides is 1. The summed E-state index contributed by atoms with van der Waals surface area (Å²) in [6.07, 6.45) is 1.17. The van der Waals surface area contributed by atoms with Gasteiger partial charge in [-0.25, -0.2) is 9.37 Å². The van der Waals surface area contributed by atoms with Gasteiger partial charge in [0, 0.05) is 24.8 Å². The maximum Gasteiger partial charge on any atom is 0.306 e. The predicted molar refractivity (Wildman–Crippen MR) is 147 cm³/mol. The number of hydrogen-bond donors (Lipinski definition) is 2. The Kier molecular flexibility index (Phi) is 11.0. The van der Waals surface area contributed by atoms with E-state index in [1.54, 1.807) is 19.1 Å². The monoisotopic (exact) mass is 546 g/mol. The molecular weight excluding hydrogens is 515 g/mol. The molecule has 4 aromatic rings. The minimum Gasteiger partial charge on any atom is -0.503 e. The van der Waals surface area contributed by atoms with E-state index >= 15 is 0 Å². The maximum absolute atomic E-state index is 13.5.